The Labute approximate surface area is 88.6 Å². The first-order chi connectivity index (χ1) is 5.54. The van der Waals surface area contributed by atoms with E-state index in [0.717, 1.165) is 6.20 Å². The molecule has 0 aromatic carbocycles. The van der Waals surface area contributed by atoms with Gasteiger partial charge in [0.1, 0.15) is 0 Å². The second-order valence-corrected chi connectivity index (χ2v) is 3.87. The fourth-order valence-electron chi connectivity index (χ4n) is 0.659. The van der Waals surface area contributed by atoms with Gasteiger partial charge in [-0.2, -0.15) is 0 Å². The average Bonchev–Trinajstić information content (AvgIpc) is 2.00. The van der Waals surface area contributed by atoms with Crippen molar-refractivity contribution in [2.24, 2.45) is 0 Å². The Morgan fingerprint density at radius 3 is 2.67 bits per heavy atom. The highest BCUT2D eigenvalue weighted by atomic mass is 127. The zero-order valence-electron chi connectivity index (χ0n) is 5.57. The van der Waals surface area contributed by atoms with E-state index in [2.05, 4.69) is 20.9 Å². The lowest BCUT2D eigenvalue weighted by Crippen LogP contribution is -2.13. The Morgan fingerprint density at radius 2 is 2.17 bits per heavy atom. The van der Waals surface area contributed by atoms with E-state index in [9.17, 15) is 13.6 Å². The highest BCUT2D eigenvalue weighted by Crippen LogP contribution is 2.18. The van der Waals surface area contributed by atoms with Gasteiger partial charge in [-0.15, -0.1) is 0 Å². The number of hydrogen-bond acceptors (Lipinski definition) is 1. The van der Waals surface area contributed by atoms with Gasteiger partial charge in [-0.1, -0.05) is 0 Å². The Balaban J connectivity index is 3.37. The van der Waals surface area contributed by atoms with Crippen molar-refractivity contribution in [1.29, 1.82) is 0 Å². The van der Waals surface area contributed by atoms with Crippen molar-refractivity contribution in [1.82, 2.24) is 4.98 Å². The van der Waals surface area contributed by atoms with Crippen LogP contribution >= 0.6 is 38.5 Å². The van der Waals surface area contributed by atoms with Gasteiger partial charge in [0, 0.05) is 6.20 Å². The number of pyridine rings is 1. The molecule has 66 valence electrons. The molecule has 0 aliphatic carbocycles. The maximum atomic E-state index is 12.1. The van der Waals surface area contributed by atoms with E-state index >= 15 is 0 Å². The minimum atomic E-state index is -2.73. The fourth-order valence-corrected chi connectivity index (χ4v) is 1.42. The van der Waals surface area contributed by atoms with E-state index in [1.54, 1.807) is 22.6 Å². The van der Waals surface area contributed by atoms with Gasteiger partial charge < -0.3 is 4.98 Å². The van der Waals surface area contributed by atoms with Crippen LogP contribution in [0.2, 0.25) is 0 Å². The lowest BCUT2D eigenvalue weighted by atomic mass is 10.3. The van der Waals surface area contributed by atoms with Gasteiger partial charge in [0.2, 0.25) is 5.43 Å². The van der Waals surface area contributed by atoms with Crippen LogP contribution in [-0.4, -0.2) is 4.98 Å². The highest BCUT2D eigenvalue weighted by Gasteiger charge is 2.14. The van der Waals surface area contributed by atoms with Gasteiger partial charge in [-0.05, 0) is 38.5 Å². The van der Waals surface area contributed by atoms with Gasteiger partial charge >= 0.3 is 0 Å². The summed E-state index contributed by atoms with van der Waals surface area (Å²) in [5, 5.41) is 0. The van der Waals surface area contributed by atoms with Crippen LogP contribution in [0.5, 0.6) is 0 Å². The Kier molecular flexibility index (Phi) is 3.22. The molecular formula is C6H3BrF2INO. The lowest BCUT2D eigenvalue weighted by molar-refractivity contribution is 0.149. The van der Waals surface area contributed by atoms with E-state index in [-0.39, 0.29) is 3.57 Å². The van der Waals surface area contributed by atoms with Gasteiger partial charge in [0.15, 0.2) is 0 Å². The maximum absolute atomic E-state index is 12.1. The lowest BCUT2D eigenvalue weighted by Gasteiger charge is -2.00. The third-order valence-electron chi connectivity index (χ3n) is 1.24. The molecule has 0 radical (unpaired) electrons. The predicted molar refractivity (Wildman–Crippen MR) is 52.4 cm³/mol. The van der Waals surface area contributed by atoms with Crippen molar-refractivity contribution < 1.29 is 8.78 Å². The number of aromatic amines is 1. The van der Waals surface area contributed by atoms with E-state index in [0.29, 0.717) is 4.60 Å². The number of rotatable bonds is 1. The van der Waals surface area contributed by atoms with E-state index < -0.39 is 17.4 Å². The van der Waals surface area contributed by atoms with Crippen molar-refractivity contribution in [3.05, 3.63) is 30.2 Å². The van der Waals surface area contributed by atoms with E-state index in [4.69, 9.17) is 0 Å². The highest BCUT2D eigenvalue weighted by molar-refractivity contribution is 14.1. The van der Waals surface area contributed by atoms with Crippen LogP contribution in [0, 0.1) is 3.57 Å². The van der Waals surface area contributed by atoms with Gasteiger partial charge in [0.25, 0.3) is 6.43 Å². The SMILES string of the molecule is O=c1c(C(F)F)c[nH]c(Br)c1I. The first-order valence-electron chi connectivity index (χ1n) is 2.88. The van der Waals surface area contributed by atoms with Crippen LogP contribution < -0.4 is 5.43 Å². The molecule has 0 unspecified atom stereocenters. The molecular weight excluding hydrogens is 347 g/mol. The molecule has 1 aromatic rings. The molecule has 1 rings (SSSR count). The fraction of sp³-hybridized carbons (Fsp3) is 0.167. The quantitative estimate of drug-likeness (QED) is 0.613. The minimum Gasteiger partial charge on any atom is -0.354 e. The summed E-state index contributed by atoms with van der Waals surface area (Å²) in [5.74, 6) is 0. The summed E-state index contributed by atoms with van der Waals surface area (Å²) >= 11 is 4.73. The van der Waals surface area contributed by atoms with Crippen molar-refractivity contribution in [3.63, 3.8) is 0 Å². The molecule has 0 amide bonds. The number of nitrogens with one attached hydrogen (secondary N) is 1. The molecule has 1 aromatic heterocycles. The molecule has 0 spiro atoms. The summed E-state index contributed by atoms with van der Waals surface area (Å²) in [6.45, 7) is 0. The molecule has 12 heavy (non-hydrogen) atoms. The molecule has 0 aliphatic heterocycles. The molecule has 1 heterocycles. The second kappa shape index (κ2) is 3.82. The van der Waals surface area contributed by atoms with Crippen molar-refractivity contribution in [2.75, 3.05) is 0 Å². The maximum Gasteiger partial charge on any atom is 0.269 e. The van der Waals surface area contributed by atoms with Crippen molar-refractivity contribution in [3.8, 4) is 0 Å². The molecule has 0 saturated heterocycles. The van der Waals surface area contributed by atoms with Crippen LogP contribution in [0.15, 0.2) is 15.6 Å². The number of halogens is 4. The number of alkyl halides is 2. The van der Waals surface area contributed by atoms with E-state index in [1.165, 1.54) is 0 Å². The van der Waals surface area contributed by atoms with Crippen LogP contribution in [0.4, 0.5) is 8.78 Å². The third kappa shape index (κ3) is 1.85. The monoisotopic (exact) mass is 349 g/mol. The molecule has 1 N–H and O–H groups in total. The first-order valence-corrected chi connectivity index (χ1v) is 4.76. The average molecular weight is 350 g/mol. The summed E-state index contributed by atoms with van der Waals surface area (Å²) in [6, 6.07) is 0. The Hall–Kier alpha value is 0.0200. The summed E-state index contributed by atoms with van der Waals surface area (Å²) in [5.41, 5.74) is -1.13. The largest absolute Gasteiger partial charge is 0.354 e. The number of H-pyrrole nitrogens is 1. The van der Waals surface area contributed by atoms with Crippen LogP contribution in [0.1, 0.15) is 12.0 Å². The zero-order valence-corrected chi connectivity index (χ0v) is 9.32. The molecule has 2 nitrogen and oxygen atoms in total. The molecule has 0 bridgehead atoms. The van der Waals surface area contributed by atoms with Crippen LogP contribution in [0.3, 0.4) is 0 Å². The molecule has 0 aliphatic rings. The molecule has 0 saturated carbocycles. The molecule has 0 fully saturated rings. The van der Waals surface area contributed by atoms with Gasteiger partial charge in [0.05, 0.1) is 13.7 Å². The molecule has 0 atom stereocenters. The van der Waals surface area contributed by atoms with Crippen LogP contribution in [-0.2, 0) is 0 Å². The number of aromatic nitrogens is 1. The summed E-state index contributed by atoms with van der Waals surface area (Å²) in [6.07, 6.45) is -1.71. The smallest absolute Gasteiger partial charge is 0.269 e. The van der Waals surface area contributed by atoms with Crippen molar-refractivity contribution >= 4 is 38.5 Å². The molecule has 6 heteroatoms. The Morgan fingerprint density at radius 1 is 1.58 bits per heavy atom. The predicted octanol–water partition coefficient (Wildman–Crippen LogP) is 2.68. The zero-order chi connectivity index (χ0) is 9.30. The van der Waals surface area contributed by atoms with Crippen LogP contribution in [0.25, 0.3) is 0 Å². The topological polar surface area (TPSA) is 32.9 Å². The standard InChI is InChI=1S/C6H3BrF2INO/c7-5-3(10)4(12)2(1-11-5)6(8)9/h1,6H,(H,11,12). The van der Waals surface area contributed by atoms with Gasteiger partial charge in [-0.25, -0.2) is 8.78 Å². The minimum absolute atomic E-state index is 0.241. The number of hydrogen-bond donors (Lipinski definition) is 1. The summed E-state index contributed by atoms with van der Waals surface area (Å²) in [4.78, 5) is 13.6. The normalized spacial score (nSPS) is 10.8. The second-order valence-electron chi connectivity index (χ2n) is 2.00. The van der Waals surface area contributed by atoms with Gasteiger partial charge in [-0.3, -0.25) is 4.79 Å². The van der Waals surface area contributed by atoms with E-state index in [1.807, 2.05) is 0 Å². The Bertz CT molecular complexity index is 352. The van der Waals surface area contributed by atoms with Crippen molar-refractivity contribution in [2.45, 2.75) is 6.43 Å². The summed E-state index contributed by atoms with van der Waals surface area (Å²) in [7, 11) is 0. The third-order valence-corrected chi connectivity index (χ3v) is 3.64. The summed E-state index contributed by atoms with van der Waals surface area (Å²) < 4.78 is 24.9. The first kappa shape index (κ1) is 10.1.